The van der Waals surface area contributed by atoms with Gasteiger partial charge in [0.15, 0.2) is 0 Å². The maximum atomic E-state index is 15.3. The van der Waals surface area contributed by atoms with Gasteiger partial charge in [-0.05, 0) is 73.1 Å². The summed E-state index contributed by atoms with van der Waals surface area (Å²) < 4.78 is 30.5. The highest BCUT2D eigenvalue weighted by molar-refractivity contribution is 6.08. The van der Waals surface area contributed by atoms with Crippen molar-refractivity contribution in [3.63, 3.8) is 0 Å². The molecule has 7 rings (SSSR count). The topological polar surface area (TPSA) is 71.1 Å². The first-order valence-electron chi connectivity index (χ1n) is 13.8. The van der Waals surface area contributed by atoms with Crippen LogP contribution >= 0.6 is 0 Å². The molecule has 1 unspecified atom stereocenters. The summed E-state index contributed by atoms with van der Waals surface area (Å²) in [6.07, 6.45) is 7.43. The smallest absolute Gasteiger partial charge is 0.255 e. The van der Waals surface area contributed by atoms with Gasteiger partial charge < -0.3 is 10.6 Å². The zero-order chi connectivity index (χ0) is 26.6. The third kappa shape index (κ3) is 4.56. The zero-order valence-corrected chi connectivity index (χ0v) is 21.8. The Morgan fingerprint density at radius 2 is 1.84 bits per heavy atom. The van der Waals surface area contributed by atoms with Gasteiger partial charge in [-0.3, -0.25) is 14.6 Å². The van der Waals surface area contributed by atoms with Crippen molar-refractivity contribution in [2.45, 2.75) is 76.8 Å². The monoisotopic (exact) mass is 517 g/mol. The zero-order valence-electron chi connectivity index (χ0n) is 21.8. The molecule has 0 spiro atoms. The number of rotatable bonds is 10. The van der Waals surface area contributed by atoms with Crippen molar-refractivity contribution in [1.82, 2.24) is 10.3 Å². The highest BCUT2D eigenvalue weighted by atomic mass is 19.1. The average molecular weight is 518 g/mol. The Hall–Kier alpha value is -3.35. The molecule has 4 saturated carbocycles. The number of halogens is 2. The molecule has 0 saturated heterocycles. The number of carbonyl (C=O) groups is 2. The van der Waals surface area contributed by atoms with Crippen molar-refractivity contribution in [2.75, 3.05) is 5.32 Å². The molecule has 1 aromatic heterocycles. The minimum Gasteiger partial charge on any atom is -0.381 e. The Morgan fingerprint density at radius 3 is 2.47 bits per heavy atom. The molecule has 7 heteroatoms. The first kappa shape index (κ1) is 25.0. The molecule has 4 aliphatic rings. The van der Waals surface area contributed by atoms with Crippen molar-refractivity contribution in [2.24, 2.45) is 11.8 Å². The highest BCUT2D eigenvalue weighted by Crippen LogP contribution is 2.55. The normalized spacial score (nSPS) is 22.4. The van der Waals surface area contributed by atoms with Gasteiger partial charge in [-0.25, -0.2) is 8.78 Å². The van der Waals surface area contributed by atoms with Gasteiger partial charge in [-0.1, -0.05) is 26.0 Å². The van der Waals surface area contributed by atoms with E-state index in [9.17, 15) is 9.59 Å². The van der Waals surface area contributed by atoms with Crippen molar-refractivity contribution in [3.05, 3.63) is 59.3 Å². The second kappa shape index (κ2) is 9.75. The fraction of sp³-hybridized carbons (Fsp3) is 0.452. The van der Waals surface area contributed by atoms with Crippen LogP contribution in [0.4, 0.5) is 14.5 Å². The van der Waals surface area contributed by atoms with Gasteiger partial charge in [0.05, 0.1) is 16.8 Å². The molecule has 4 fully saturated rings. The largest absolute Gasteiger partial charge is 0.381 e. The SMILES string of the molecule is CCCC(=O)CC(C)c1ccc(-c2cc3c(NC4C5CC4C5)c(C(=O)NC4CC4)cnc3cc2F)cc1F. The number of fused-ring (bicyclic) bond motifs is 1. The number of benzene rings is 2. The van der Waals surface area contributed by atoms with E-state index in [1.165, 1.54) is 31.2 Å². The van der Waals surface area contributed by atoms with Crippen LogP contribution in [-0.4, -0.2) is 28.8 Å². The molecule has 38 heavy (non-hydrogen) atoms. The van der Waals surface area contributed by atoms with Gasteiger partial charge in [0.1, 0.15) is 17.4 Å². The number of ketones is 1. The van der Waals surface area contributed by atoms with E-state index in [0.717, 1.165) is 19.3 Å². The van der Waals surface area contributed by atoms with Crippen LogP contribution in [0.2, 0.25) is 0 Å². The lowest BCUT2D eigenvalue weighted by molar-refractivity contribution is -0.119. The maximum Gasteiger partial charge on any atom is 0.255 e. The lowest BCUT2D eigenvalue weighted by Gasteiger charge is -2.58. The first-order valence-corrected chi connectivity index (χ1v) is 13.8. The second-order valence-electron chi connectivity index (χ2n) is 11.4. The number of Topliss-reactive ketones (excluding diaryl/α,β-unsaturated/α-hetero) is 1. The molecule has 0 aliphatic heterocycles. The highest BCUT2D eigenvalue weighted by Gasteiger charge is 2.52. The van der Waals surface area contributed by atoms with Crippen LogP contribution < -0.4 is 10.6 Å². The summed E-state index contributed by atoms with van der Waals surface area (Å²) in [5.74, 6) is -0.0672. The van der Waals surface area contributed by atoms with Crippen LogP contribution in [0.3, 0.4) is 0 Å². The number of aromatic nitrogens is 1. The van der Waals surface area contributed by atoms with Crippen LogP contribution in [0.25, 0.3) is 22.0 Å². The number of hydrogen-bond donors (Lipinski definition) is 2. The Bertz CT molecular complexity index is 1420. The van der Waals surface area contributed by atoms with Gasteiger partial charge in [0.2, 0.25) is 0 Å². The molecule has 5 nitrogen and oxygen atoms in total. The number of nitrogens with one attached hydrogen (secondary N) is 2. The van der Waals surface area contributed by atoms with Crippen molar-refractivity contribution < 1.29 is 18.4 Å². The predicted octanol–water partition coefficient (Wildman–Crippen LogP) is 6.76. The summed E-state index contributed by atoms with van der Waals surface area (Å²) >= 11 is 0. The Morgan fingerprint density at radius 1 is 1.08 bits per heavy atom. The lowest BCUT2D eigenvalue weighted by atomic mass is 9.52. The summed E-state index contributed by atoms with van der Waals surface area (Å²) in [5, 5.41) is 7.29. The van der Waals surface area contributed by atoms with Crippen LogP contribution in [0.5, 0.6) is 0 Å². The summed E-state index contributed by atoms with van der Waals surface area (Å²) in [7, 11) is 0. The van der Waals surface area contributed by atoms with E-state index in [1.54, 1.807) is 18.2 Å². The van der Waals surface area contributed by atoms with E-state index in [-0.39, 0.29) is 35.6 Å². The van der Waals surface area contributed by atoms with Crippen LogP contribution in [0.1, 0.15) is 80.6 Å². The Balaban J connectivity index is 1.37. The Kier molecular flexibility index (Phi) is 6.40. The minimum atomic E-state index is -0.504. The molecule has 198 valence electrons. The van der Waals surface area contributed by atoms with E-state index in [1.807, 2.05) is 13.8 Å². The number of carbonyl (C=O) groups excluding carboxylic acids is 2. The molecule has 1 atom stereocenters. The maximum absolute atomic E-state index is 15.3. The molecule has 2 N–H and O–H groups in total. The van der Waals surface area contributed by atoms with E-state index in [0.29, 0.717) is 57.6 Å². The fourth-order valence-electron chi connectivity index (χ4n) is 5.87. The quantitative estimate of drug-likeness (QED) is 0.312. The standard InChI is InChI=1S/C31H33F2N3O2/c1-3-4-21(37)9-16(2)22-8-5-17(12-26(22)32)23-13-24-28(14-27(23)33)34-15-25(31(38)35-20-6-7-20)30(24)36-29-18-10-19(29)11-18/h5,8,12-16,18-20,29H,3-4,6-7,9-11H2,1-2H3,(H,34,36)(H,35,38). The van der Waals surface area contributed by atoms with Gasteiger partial charge in [0, 0.05) is 48.1 Å². The number of amides is 1. The summed E-state index contributed by atoms with van der Waals surface area (Å²) in [4.78, 5) is 29.6. The molecular weight excluding hydrogens is 484 g/mol. The lowest BCUT2D eigenvalue weighted by Crippen LogP contribution is -2.59. The van der Waals surface area contributed by atoms with Crippen molar-refractivity contribution in [1.29, 1.82) is 0 Å². The second-order valence-corrected chi connectivity index (χ2v) is 11.4. The molecule has 0 radical (unpaired) electrons. The number of anilines is 1. The van der Waals surface area contributed by atoms with Gasteiger partial charge in [-0.2, -0.15) is 0 Å². The number of pyridine rings is 1. The molecule has 3 aromatic rings. The summed E-state index contributed by atoms with van der Waals surface area (Å²) in [5.41, 5.74) is 2.69. The van der Waals surface area contributed by atoms with E-state index >= 15 is 8.78 Å². The molecule has 4 aliphatic carbocycles. The predicted molar refractivity (Wildman–Crippen MR) is 144 cm³/mol. The van der Waals surface area contributed by atoms with Crippen molar-refractivity contribution in [3.8, 4) is 11.1 Å². The van der Waals surface area contributed by atoms with E-state index < -0.39 is 11.6 Å². The van der Waals surface area contributed by atoms with E-state index in [2.05, 4.69) is 15.6 Å². The fourth-order valence-corrected chi connectivity index (χ4v) is 5.87. The van der Waals surface area contributed by atoms with Gasteiger partial charge in [-0.15, -0.1) is 0 Å². The Labute approximate surface area is 221 Å². The average Bonchev–Trinajstić information content (AvgIpc) is 3.64. The molecule has 1 amide bonds. The van der Waals surface area contributed by atoms with Crippen molar-refractivity contribution >= 4 is 28.3 Å². The van der Waals surface area contributed by atoms with Gasteiger partial charge >= 0.3 is 0 Å². The van der Waals surface area contributed by atoms with E-state index in [4.69, 9.17) is 0 Å². The third-order valence-electron chi connectivity index (χ3n) is 8.56. The molecule has 2 bridgehead atoms. The third-order valence-corrected chi connectivity index (χ3v) is 8.56. The minimum absolute atomic E-state index is 0.113. The first-order chi connectivity index (χ1) is 18.3. The number of nitrogens with zero attached hydrogens (tertiary/aromatic N) is 1. The van der Waals surface area contributed by atoms with Crippen LogP contribution in [0.15, 0.2) is 36.5 Å². The van der Waals surface area contributed by atoms with Crippen LogP contribution in [0, 0.1) is 23.5 Å². The number of hydrogen-bond acceptors (Lipinski definition) is 4. The summed E-state index contributed by atoms with van der Waals surface area (Å²) in [6.45, 7) is 3.79. The van der Waals surface area contributed by atoms with Crippen LogP contribution in [-0.2, 0) is 4.79 Å². The molecule has 2 aromatic carbocycles. The summed E-state index contributed by atoms with van der Waals surface area (Å²) in [6, 6.07) is 8.25. The molecule has 1 heterocycles. The molecular formula is C31H33F2N3O2. The van der Waals surface area contributed by atoms with Gasteiger partial charge in [0.25, 0.3) is 5.91 Å².